The van der Waals surface area contributed by atoms with E-state index < -0.39 is 0 Å². The van der Waals surface area contributed by atoms with Crippen LogP contribution in [0.25, 0.3) is 0 Å². The third-order valence-electron chi connectivity index (χ3n) is 2.50. The van der Waals surface area contributed by atoms with Gasteiger partial charge in [-0.3, -0.25) is 4.79 Å². The Labute approximate surface area is 91.0 Å². The molecule has 4 heteroatoms. The van der Waals surface area contributed by atoms with E-state index in [0.717, 1.165) is 16.8 Å². The minimum absolute atomic E-state index is 0.139. The minimum atomic E-state index is -0.159. The van der Waals surface area contributed by atoms with Gasteiger partial charge in [0, 0.05) is 12.7 Å². The number of nitrogens with zero attached hydrogens (tertiary/aromatic N) is 1. The molecular formula is C10H11BrN2O. The summed E-state index contributed by atoms with van der Waals surface area (Å²) in [5.74, 6) is 0.139. The van der Waals surface area contributed by atoms with Crippen molar-refractivity contribution in [3.8, 4) is 0 Å². The third kappa shape index (κ3) is 1.44. The van der Waals surface area contributed by atoms with Gasteiger partial charge < -0.3 is 10.6 Å². The predicted molar refractivity (Wildman–Crippen MR) is 59.4 cm³/mol. The first-order chi connectivity index (χ1) is 6.59. The van der Waals surface area contributed by atoms with Crippen molar-refractivity contribution in [1.29, 1.82) is 0 Å². The molecule has 2 rings (SSSR count). The van der Waals surface area contributed by atoms with E-state index in [0.29, 0.717) is 6.42 Å². The van der Waals surface area contributed by atoms with Crippen LogP contribution >= 0.6 is 15.9 Å². The summed E-state index contributed by atoms with van der Waals surface area (Å²) in [6.07, 6.45) is 0.486. The molecule has 1 aromatic rings. The number of carbonyl (C=O) groups is 1. The van der Waals surface area contributed by atoms with Gasteiger partial charge >= 0.3 is 0 Å². The molecule has 2 N–H and O–H groups in total. The first-order valence-corrected chi connectivity index (χ1v) is 5.30. The molecule has 0 spiro atoms. The van der Waals surface area contributed by atoms with Crippen LogP contribution in [0.2, 0.25) is 0 Å². The topological polar surface area (TPSA) is 46.3 Å². The molecule has 0 bridgehead atoms. The molecule has 3 nitrogen and oxygen atoms in total. The minimum Gasteiger partial charge on any atom is -0.315 e. The van der Waals surface area contributed by atoms with E-state index in [1.807, 2.05) is 18.2 Å². The van der Waals surface area contributed by atoms with E-state index in [2.05, 4.69) is 15.9 Å². The summed E-state index contributed by atoms with van der Waals surface area (Å²) >= 11 is 3.30. The standard InChI is InChI=1S/C10H11BrN2O/c1-13-8-3-2-6(10(11)12)4-7(8)5-9(13)14/h2-4,10H,5,12H2,1H3. The van der Waals surface area contributed by atoms with Crippen molar-refractivity contribution in [3.05, 3.63) is 29.3 Å². The number of carbonyl (C=O) groups excluding carboxylic acids is 1. The molecule has 0 saturated carbocycles. The molecule has 1 unspecified atom stereocenters. The first kappa shape index (κ1) is 9.68. The highest BCUT2D eigenvalue weighted by atomic mass is 79.9. The van der Waals surface area contributed by atoms with E-state index in [9.17, 15) is 4.79 Å². The average Bonchev–Trinajstić information content (AvgIpc) is 2.42. The fourth-order valence-electron chi connectivity index (χ4n) is 1.66. The largest absolute Gasteiger partial charge is 0.315 e. The van der Waals surface area contributed by atoms with Gasteiger partial charge in [0.2, 0.25) is 5.91 Å². The number of likely N-dealkylation sites (N-methyl/N-ethyl adjacent to an activating group) is 1. The van der Waals surface area contributed by atoms with Gasteiger partial charge in [0.1, 0.15) is 0 Å². The van der Waals surface area contributed by atoms with Crippen LogP contribution in [0.5, 0.6) is 0 Å². The van der Waals surface area contributed by atoms with Crippen LogP contribution in [0.3, 0.4) is 0 Å². The van der Waals surface area contributed by atoms with Crippen molar-refractivity contribution in [1.82, 2.24) is 0 Å². The fraction of sp³-hybridized carbons (Fsp3) is 0.300. The molecule has 14 heavy (non-hydrogen) atoms. The number of hydrogen-bond donors (Lipinski definition) is 1. The molecule has 1 heterocycles. The molecule has 0 aliphatic carbocycles. The van der Waals surface area contributed by atoms with Gasteiger partial charge in [-0.25, -0.2) is 0 Å². The first-order valence-electron chi connectivity index (χ1n) is 4.38. The Hall–Kier alpha value is -0.870. The van der Waals surface area contributed by atoms with E-state index in [1.165, 1.54) is 0 Å². The summed E-state index contributed by atoms with van der Waals surface area (Å²) in [5.41, 5.74) is 8.75. The van der Waals surface area contributed by atoms with Crippen molar-refractivity contribution >= 4 is 27.5 Å². The van der Waals surface area contributed by atoms with Crippen LogP contribution in [0, 0.1) is 0 Å². The number of fused-ring (bicyclic) bond motifs is 1. The smallest absolute Gasteiger partial charge is 0.231 e. The molecule has 0 saturated heterocycles. The predicted octanol–water partition coefficient (Wildman–Crippen LogP) is 1.56. The zero-order chi connectivity index (χ0) is 10.3. The van der Waals surface area contributed by atoms with Crippen molar-refractivity contribution in [3.63, 3.8) is 0 Å². The van der Waals surface area contributed by atoms with Crippen LogP contribution in [-0.4, -0.2) is 13.0 Å². The van der Waals surface area contributed by atoms with Crippen LogP contribution in [0.4, 0.5) is 5.69 Å². The van der Waals surface area contributed by atoms with Crippen molar-refractivity contribution < 1.29 is 4.79 Å². The quantitative estimate of drug-likeness (QED) is 0.611. The maximum atomic E-state index is 11.4. The Morgan fingerprint density at radius 3 is 2.93 bits per heavy atom. The van der Waals surface area contributed by atoms with Gasteiger partial charge in [0.05, 0.1) is 11.4 Å². The Morgan fingerprint density at radius 1 is 1.57 bits per heavy atom. The van der Waals surface area contributed by atoms with Crippen molar-refractivity contribution in [2.24, 2.45) is 5.73 Å². The summed E-state index contributed by atoms with van der Waals surface area (Å²) in [4.78, 5) is 12.9. The van der Waals surface area contributed by atoms with Gasteiger partial charge in [0.25, 0.3) is 0 Å². The van der Waals surface area contributed by atoms with Crippen LogP contribution in [0.15, 0.2) is 18.2 Å². The van der Waals surface area contributed by atoms with Gasteiger partial charge in [0.15, 0.2) is 0 Å². The lowest BCUT2D eigenvalue weighted by atomic mass is 10.1. The summed E-state index contributed by atoms with van der Waals surface area (Å²) in [6.45, 7) is 0. The third-order valence-corrected chi connectivity index (χ3v) is 3.03. The number of hydrogen-bond acceptors (Lipinski definition) is 2. The molecule has 0 radical (unpaired) electrons. The number of nitrogens with two attached hydrogens (primary N) is 1. The van der Waals surface area contributed by atoms with Gasteiger partial charge in [-0.05, 0) is 17.2 Å². The molecule has 1 atom stereocenters. The number of anilines is 1. The normalized spacial score (nSPS) is 17.1. The van der Waals surface area contributed by atoms with Crippen LogP contribution in [-0.2, 0) is 11.2 Å². The Kier molecular flexibility index (Phi) is 2.33. The number of halogens is 1. The number of benzene rings is 1. The van der Waals surface area contributed by atoms with E-state index in [4.69, 9.17) is 5.73 Å². The SMILES string of the molecule is CN1C(=O)Cc2cc(C(N)Br)ccc21. The Bertz CT molecular complexity index is 390. The van der Waals surface area contributed by atoms with E-state index >= 15 is 0 Å². The van der Waals surface area contributed by atoms with Gasteiger partial charge in [-0.1, -0.05) is 28.1 Å². The molecule has 74 valence electrons. The second-order valence-electron chi connectivity index (χ2n) is 3.42. The van der Waals surface area contributed by atoms with Gasteiger partial charge in [-0.15, -0.1) is 0 Å². The molecule has 0 fully saturated rings. The lowest BCUT2D eigenvalue weighted by Gasteiger charge is -2.11. The number of alkyl halides is 1. The monoisotopic (exact) mass is 254 g/mol. The molecule has 1 amide bonds. The molecule has 1 aliphatic rings. The van der Waals surface area contributed by atoms with Crippen LogP contribution < -0.4 is 10.6 Å². The summed E-state index contributed by atoms with van der Waals surface area (Å²) < 4.78 is 0. The number of rotatable bonds is 1. The summed E-state index contributed by atoms with van der Waals surface area (Å²) in [5, 5.41) is 0. The lowest BCUT2D eigenvalue weighted by Crippen LogP contribution is -2.20. The second-order valence-corrected chi connectivity index (χ2v) is 4.41. The lowest BCUT2D eigenvalue weighted by molar-refractivity contribution is -0.117. The summed E-state index contributed by atoms with van der Waals surface area (Å²) in [6, 6.07) is 5.86. The highest BCUT2D eigenvalue weighted by molar-refractivity contribution is 9.09. The fourth-order valence-corrected chi connectivity index (χ4v) is 1.95. The van der Waals surface area contributed by atoms with Crippen molar-refractivity contribution in [2.75, 3.05) is 11.9 Å². The second kappa shape index (κ2) is 3.37. The number of amides is 1. The van der Waals surface area contributed by atoms with Crippen molar-refractivity contribution in [2.45, 2.75) is 11.4 Å². The van der Waals surface area contributed by atoms with E-state index in [1.54, 1.807) is 11.9 Å². The maximum Gasteiger partial charge on any atom is 0.231 e. The molecule has 0 aromatic heterocycles. The van der Waals surface area contributed by atoms with E-state index in [-0.39, 0.29) is 10.9 Å². The molecular weight excluding hydrogens is 244 g/mol. The highest BCUT2D eigenvalue weighted by Gasteiger charge is 2.24. The highest BCUT2D eigenvalue weighted by Crippen LogP contribution is 2.30. The Balaban J connectivity index is 2.44. The average molecular weight is 255 g/mol. The Morgan fingerprint density at radius 2 is 2.29 bits per heavy atom. The zero-order valence-electron chi connectivity index (χ0n) is 7.83. The van der Waals surface area contributed by atoms with Crippen LogP contribution in [0.1, 0.15) is 16.1 Å². The molecule has 1 aromatic carbocycles. The maximum absolute atomic E-state index is 11.4. The molecule has 1 aliphatic heterocycles. The van der Waals surface area contributed by atoms with Gasteiger partial charge in [-0.2, -0.15) is 0 Å². The summed E-state index contributed by atoms with van der Waals surface area (Å²) in [7, 11) is 1.79. The zero-order valence-corrected chi connectivity index (χ0v) is 9.41.